The van der Waals surface area contributed by atoms with Crippen LogP contribution in [0.25, 0.3) is 0 Å². The van der Waals surface area contributed by atoms with Gasteiger partial charge in [0.2, 0.25) is 0 Å². The van der Waals surface area contributed by atoms with Crippen molar-refractivity contribution >= 4 is 28.3 Å². The van der Waals surface area contributed by atoms with Crippen LogP contribution in [0.5, 0.6) is 0 Å². The molecule has 0 bridgehead atoms. The molecule has 18 heavy (non-hydrogen) atoms. The average molecular weight is 351 g/mol. The summed E-state index contributed by atoms with van der Waals surface area (Å²) in [5, 5.41) is 4.16. The fourth-order valence-electron chi connectivity index (χ4n) is 1.77. The highest BCUT2D eigenvalue weighted by atomic mass is 127. The fourth-order valence-corrected chi connectivity index (χ4v) is 2.47. The van der Waals surface area contributed by atoms with Crippen molar-refractivity contribution in [2.24, 2.45) is 5.16 Å². The van der Waals surface area contributed by atoms with Crippen LogP contribution >= 0.6 is 22.6 Å². The Bertz CT molecular complexity index is 537. The fraction of sp³-hybridized carbons (Fsp3) is 0.133. The Morgan fingerprint density at radius 2 is 1.72 bits per heavy atom. The molecule has 3 heteroatoms. The molecule has 0 amide bonds. The summed E-state index contributed by atoms with van der Waals surface area (Å²) < 4.78 is 1.18. The largest absolute Gasteiger partial charge is 0.399 e. The first-order valence-electron chi connectivity index (χ1n) is 5.70. The summed E-state index contributed by atoms with van der Waals surface area (Å²) in [7, 11) is 1.58. The number of rotatable bonds is 4. The van der Waals surface area contributed by atoms with Crippen LogP contribution in [-0.2, 0) is 11.3 Å². The average Bonchev–Trinajstić information content (AvgIpc) is 2.40. The third-order valence-electron chi connectivity index (χ3n) is 2.60. The van der Waals surface area contributed by atoms with Crippen molar-refractivity contribution in [3.05, 3.63) is 69.3 Å². The molecule has 0 saturated heterocycles. The minimum atomic E-state index is 0.773. The topological polar surface area (TPSA) is 21.6 Å². The van der Waals surface area contributed by atoms with Gasteiger partial charge in [-0.1, -0.05) is 53.7 Å². The van der Waals surface area contributed by atoms with Crippen molar-refractivity contribution in [2.75, 3.05) is 7.11 Å². The van der Waals surface area contributed by atoms with Crippen LogP contribution in [0.4, 0.5) is 0 Å². The van der Waals surface area contributed by atoms with Crippen LogP contribution < -0.4 is 0 Å². The van der Waals surface area contributed by atoms with Crippen LogP contribution in [0, 0.1) is 3.57 Å². The Balaban J connectivity index is 2.31. The smallest absolute Gasteiger partial charge is 0.106 e. The van der Waals surface area contributed by atoms with Crippen LogP contribution in [0.3, 0.4) is 0 Å². The number of benzene rings is 2. The second-order valence-electron chi connectivity index (χ2n) is 3.86. The first-order valence-corrected chi connectivity index (χ1v) is 6.78. The number of oxime groups is 1. The number of nitrogens with zero attached hydrogens (tertiary/aromatic N) is 1. The molecule has 0 atom stereocenters. The van der Waals surface area contributed by atoms with Gasteiger partial charge in [-0.3, -0.25) is 0 Å². The lowest BCUT2D eigenvalue weighted by Gasteiger charge is -2.08. The Hall–Kier alpha value is -1.36. The molecule has 0 aromatic heterocycles. The van der Waals surface area contributed by atoms with E-state index in [-0.39, 0.29) is 0 Å². The summed E-state index contributed by atoms with van der Waals surface area (Å²) in [6.45, 7) is 0. The summed E-state index contributed by atoms with van der Waals surface area (Å²) in [4.78, 5) is 4.97. The maximum atomic E-state index is 4.97. The highest BCUT2D eigenvalue weighted by Gasteiger charge is 2.09. The highest BCUT2D eigenvalue weighted by Crippen LogP contribution is 2.15. The van der Waals surface area contributed by atoms with Gasteiger partial charge in [0.1, 0.15) is 7.11 Å². The van der Waals surface area contributed by atoms with Gasteiger partial charge in [-0.15, -0.1) is 0 Å². The van der Waals surface area contributed by atoms with E-state index >= 15 is 0 Å². The maximum Gasteiger partial charge on any atom is 0.106 e. The van der Waals surface area contributed by atoms with Gasteiger partial charge in [0, 0.05) is 15.6 Å². The van der Waals surface area contributed by atoms with E-state index in [2.05, 4.69) is 52.0 Å². The second kappa shape index (κ2) is 6.54. The van der Waals surface area contributed by atoms with Crippen molar-refractivity contribution in [3.63, 3.8) is 0 Å². The van der Waals surface area contributed by atoms with E-state index in [9.17, 15) is 0 Å². The van der Waals surface area contributed by atoms with E-state index in [4.69, 9.17) is 4.84 Å². The van der Waals surface area contributed by atoms with Crippen molar-refractivity contribution < 1.29 is 4.84 Å². The van der Waals surface area contributed by atoms with Crippen LogP contribution in [0.15, 0.2) is 59.8 Å². The Labute approximate surface area is 121 Å². The second-order valence-corrected chi connectivity index (χ2v) is 5.02. The molecule has 0 aliphatic rings. The SMILES string of the molecule is CO/N=C(\Cc1ccccc1)c1ccccc1I. The molecule has 2 rings (SSSR count). The molecule has 0 spiro atoms. The van der Waals surface area contributed by atoms with E-state index < -0.39 is 0 Å². The maximum absolute atomic E-state index is 4.97. The molecular weight excluding hydrogens is 337 g/mol. The lowest BCUT2D eigenvalue weighted by atomic mass is 10.0. The molecule has 0 unspecified atom stereocenters. The van der Waals surface area contributed by atoms with E-state index in [1.807, 2.05) is 30.3 Å². The van der Waals surface area contributed by atoms with Crippen LogP contribution in [0.1, 0.15) is 11.1 Å². The lowest BCUT2D eigenvalue weighted by molar-refractivity contribution is 0.213. The molecule has 0 heterocycles. The monoisotopic (exact) mass is 351 g/mol. The summed E-state index contributed by atoms with van der Waals surface area (Å²) >= 11 is 2.32. The summed E-state index contributed by atoms with van der Waals surface area (Å²) in [6, 6.07) is 18.5. The normalized spacial score (nSPS) is 11.3. The Kier molecular flexibility index (Phi) is 4.75. The molecule has 0 aliphatic heterocycles. The van der Waals surface area contributed by atoms with Crippen molar-refractivity contribution in [1.29, 1.82) is 0 Å². The zero-order valence-electron chi connectivity index (χ0n) is 10.1. The van der Waals surface area contributed by atoms with Gasteiger partial charge in [-0.2, -0.15) is 0 Å². The summed E-state index contributed by atoms with van der Waals surface area (Å²) in [5.74, 6) is 0. The van der Waals surface area contributed by atoms with Gasteiger partial charge < -0.3 is 4.84 Å². The predicted octanol–water partition coefficient (Wildman–Crippen LogP) is 3.88. The van der Waals surface area contributed by atoms with E-state index in [1.54, 1.807) is 7.11 Å². The zero-order chi connectivity index (χ0) is 12.8. The van der Waals surface area contributed by atoms with E-state index in [0.717, 1.165) is 17.7 Å². The zero-order valence-corrected chi connectivity index (χ0v) is 12.3. The Morgan fingerprint density at radius 3 is 2.39 bits per heavy atom. The Morgan fingerprint density at radius 1 is 1.06 bits per heavy atom. The standard InChI is InChI=1S/C15H14INO/c1-18-17-15(11-12-7-3-2-4-8-12)13-9-5-6-10-14(13)16/h2-10H,11H2,1H3/b17-15+. The predicted molar refractivity (Wildman–Crippen MR) is 82.9 cm³/mol. The highest BCUT2D eigenvalue weighted by molar-refractivity contribution is 14.1. The van der Waals surface area contributed by atoms with Gasteiger partial charge in [0.15, 0.2) is 0 Å². The minimum Gasteiger partial charge on any atom is -0.399 e. The van der Waals surface area contributed by atoms with Crippen molar-refractivity contribution in [1.82, 2.24) is 0 Å². The molecule has 92 valence electrons. The molecule has 0 fully saturated rings. The first-order chi connectivity index (χ1) is 8.81. The number of halogens is 1. The van der Waals surface area contributed by atoms with Gasteiger partial charge >= 0.3 is 0 Å². The first kappa shape index (κ1) is 13.1. The molecule has 2 nitrogen and oxygen atoms in total. The van der Waals surface area contributed by atoms with Gasteiger partial charge in [0.25, 0.3) is 0 Å². The number of hydrogen-bond acceptors (Lipinski definition) is 2. The molecule has 2 aromatic carbocycles. The van der Waals surface area contributed by atoms with Crippen LogP contribution in [0.2, 0.25) is 0 Å². The van der Waals surface area contributed by atoms with E-state index in [0.29, 0.717) is 0 Å². The third kappa shape index (κ3) is 3.32. The van der Waals surface area contributed by atoms with E-state index in [1.165, 1.54) is 9.13 Å². The minimum absolute atomic E-state index is 0.773. The molecular formula is C15H14INO. The van der Waals surface area contributed by atoms with Crippen LogP contribution in [-0.4, -0.2) is 12.8 Å². The molecule has 0 radical (unpaired) electrons. The molecule has 0 aliphatic carbocycles. The third-order valence-corrected chi connectivity index (χ3v) is 3.54. The van der Waals surface area contributed by atoms with Gasteiger partial charge in [-0.25, -0.2) is 0 Å². The summed E-state index contributed by atoms with van der Waals surface area (Å²) in [5.41, 5.74) is 3.31. The lowest BCUT2D eigenvalue weighted by Crippen LogP contribution is -2.08. The molecule has 0 saturated carbocycles. The molecule has 2 aromatic rings. The number of hydrogen-bond donors (Lipinski definition) is 0. The summed E-state index contributed by atoms with van der Waals surface area (Å²) in [6.07, 6.45) is 0.773. The van der Waals surface area contributed by atoms with Gasteiger partial charge in [-0.05, 0) is 34.2 Å². The van der Waals surface area contributed by atoms with Crippen molar-refractivity contribution in [2.45, 2.75) is 6.42 Å². The van der Waals surface area contributed by atoms with Crippen molar-refractivity contribution in [3.8, 4) is 0 Å². The van der Waals surface area contributed by atoms with Gasteiger partial charge in [0.05, 0.1) is 5.71 Å². The quantitative estimate of drug-likeness (QED) is 0.465. The molecule has 0 N–H and O–H groups in total.